The van der Waals surface area contributed by atoms with Gasteiger partial charge in [-0.3, -0.25) is 0 Å². The van der Waals surface area contributed by atoms with Gasteiger partial charge >= 0.3 is 12.4 Å². The molecule has 56 heavy (non-hydrogen) atoms. The van der Waals surface area contributed by atoms with Gasteiger partial charge in [-0.2, -0.15) is 26.3 Å². The molecule has 7 aromatic rings. The van der Waals surface area contributed by atoms with Gasteiger partial charge in [0.2, 0.25) is 5.41 Å². The van der Waals surface area contributed by atoms with Crippen molar-refractivity contribution < 1.29 is 26.3 Å². The van der Waals surface area contributed by atoms with Crippen LogP contribution in [0.5, 0.6) is 0 Å². The first-order valence-electron chi connectivity index (χ1n) is 18.4. The van der Waals surface area contributed by atoms with E-state index in [1.807, 2.05) is 104 Å². The van der Waals surface area contributed by atoms with Crippen molar-refractivity contribution in [1.82, 2.24) is 0 Å². The molecule has 0 amide bonds. The fraction of sp³-hybridized carbons (Fsp3) is 0.143. The lowest BCUT2D eigenvalue weighted by molar-refractivity contribution is -0.289. The van der Waals surface area contributed by atoms with Gasteiger partial charge in [-0.1, -0.05) is 165 Å². The molecule has 0 bridgehead atoms. The SMILES string of the molecule is CCC(Sc1c(Cc2ccccc2)cccc1C(c1cc(-c2ccccc2)cc(-c2cccc(-c3ccccc3)c2)c1)(C(F)(F)F)C(F)(F)F)c1ccccc1. The second kappa shape index (κ2) is 16.3. The van der Waals surface area contributed by atoms with Crippen LogP contribution >= 0.6 is 11.8 Å². The predicted molar refractivity (Wildman–Crippen MR) is 217 cm³/mol. The van der Waals surface area contributed by atoms with Crippen LogP contribution in [-0.2, 0) is 11.8 Å². The van der Waals surface area contributed by atoms with Crippen LogP contribution in [0.1, 0.15) is 46.4 Å². The normalized spacial score (nSPS) is 12.7. The lowest BCUT2D eigenvalue weighted by Crippen LogP contribution is -2.55. The van der Waals surface area contributed by atoms with Crippen molar-refractivity contribution in [2.75, 3.05) is 0 Å². The summed E-state index contributed by atoms with van der Waals surface area (Å²) in [5, 5.41) is -0.419. The van der Waals surface area contributed by atoms with Crippen LogP contribution in [0.4, 0.5) is 26.3 Å². The van der Waals surface area contributed by atoms with E-state index in [1.165, 1.54) is 6.07 Å². The zero-order chi connectivity index (χ0) is 39.3. The number of benzene rings is 7. The van der Waals surface area contributed by atoms with Gasteiger partial charge in [0.1, 0.15) is 0 Å². The van der Waals surface area contributed by atoms with E-state index in [0.717, 1.165) is 52.2 Å². The maximum atomic E-state index is 16.3. The average molecular weight is 773 g/mol. The molecule has 1 atom stereocenters. The van der Waals surface area contributed by atoms with Crippen LogP contribution in [-0.4, -0.2) is 12.4 Å². The molecule has 0 saturated carbocycles. The summed E-state index contributed by atoms with van der Waals surface area (Å²) in [6, 6.07) is 51.3. The molecule has 282 valence electrons. The molecule has 1 unspecified atom stereocenters. The van der Waals surface area contributed by atoms with E-state index in [0.29, 0.717) is 23.1 Å². The summed E-state index contributed by atoms with van der Waals surface area (Å²) >= 11 is 1.07. The number of hydrogen-bond acceptors (Lipinski definition) is 1. The minimum Gasteiger partial charge on any atom is -0.169 e. The molecular weight excluding hydrogens is 735 g/mol. The third-order valence-electron chi connectivity index (χ3n) is 10.2. The zero-order valence-electron chi connectivity index (χ0n) is 30.5. The molecule has 0 aliphatic heterocycles. The van der Waals surface area contributed by atoms with Gasteiger partial charge in [0, 0.05) is 10.1 Å². The Morgan fingerprint density at radius 1 is 0.464 bits per heavy atom. The zero-order valence-corrected chi connectivity index (χ0v) is 31.3. The largest absolute Gasteiger partial charge is 0.411 e. The highest BCUT2D eigenvalue weighted by Crippen LogP contribution is 2.60. The lowest BCUT2D eigenvalue weighted by Gasteiger charge is -2.40. The third-order valence-corrected chi connectivity index (χ3v) is 11.8. The highest BCUT2D eigenvalue weighted by Gasteiger charge is 2.73. The molecule has 0 N–H and O–H groups in total. The molecule has 0 radical (unpaired) electrons. The minimum atomic E-state index is -5.81. The summed E-state index contributed by atoms with van der Waals surface area (Å²) < 4.78 is 98.1. The Morgan fingerprint density at radius 2 is 0.911 bits per heavy atom. The van der Waals surface area contributed by atoms with Crippen molar-refractivity contribution in [3.8, 4) is 33.4 Å². The Kier molecular flexibility index (Phi) is 11.3. The van der Waals surface area contributed by atoms with Gasteiger partial charge in [0.05, 0.1) is 0 Å². The Hall–Kier alpha value is -5.53. The summed E-state index contributed by atoms with van der Waals surface area (Å²) in [6.07, 6.45) is -11.0. The average Bonchev–Trinajstić information content (AvgIpc) is 3.21. The first kappa shape index (κ1) is 38.7. The van der Waals surface area contributed by atoms with Crippen LogP contribution in [0.25, 0.3) is 33.4 Å². The molecule has 0 aliphatic carbocycles. The van der Waals surface area contributed by atoms with Crippen molar-refractivity contribution >= 4 is 11.8 Å². The number of hydrogen-bond donors (Lipinski definition) is 0. The standard InChI is InChI=1S/C49H38F6S/c1-2-45(37-23-13-6-14-24-37)56-46-40(29-34-17-7-3-8-18-34)27-16-28-44(46)47(48(50,51)52,49(53,54)55)43-32-41(36-21-11-5-12-22-36)31-42(33-43)39-26-15-25-38(30-39)35-19-9-4-10-20-35/h3-28,30-33,45H,2,29H2,1H3. The molecule has 0 nitrogen and oxygen atoms in total. The quantitative estimate of drug-likeness (QED) is 0.0932. The van der Waals surface area contributed by atoms with E-state index >= 15 is 26.3 Å². The van der Waals surface area contributed by atoms with Gasteiger partial charge in [-0.05, 0) is 98.3 Å². The molecule has 0 aliphatic rings. The molecule has 7 rings (SSSR count). The Bertz CT molecular complexity index is 2360. The molecule has 0 heterocycles. The molecular formula is C49H38F6S. The predicted octanol–water partition coefficient (Wildman–Crippen LogP) is 14.9. The maximum Gasteiger partial charge on any atom is 0.411 e. The van der Waals surface area contributed by atoms with E-state index < -0.39 is 34.1 Å². The Balaban J connectivity index is 1.54. The topological polar surface area (TPSA) is 0 Å². The van der Waals surface area contributed by atoms with Crippen molar-refractivity contribution in [3.63, 3.8) is 0 Å². The lowest BCUT2D eigenvalue weighted by atomic mass is 9.71. The van der Waals surface area contributed by atoms with Crippen molar-refractivity contribution in [1.29, 1.82) is 0 Å². The smallest absolute Gasteiger partial charge is 0.169 e. The number of rotatable bonds is 11. The first-order valence-corrected chi connectivity index (χ1v) is 19.3. The minimum absolute atomic E-state index is 0.0283. The number of thioether (sulfide) groups is 1. The van der Waals surface area contributed by atoms with E-state index in [-0.39, 0.29) is 22.4 Å². The monoisotopic (exact) mass is 772 g/mol. The van der Waals surface area contributed by atoms with Crippen LogP contribution in [0.15, 0.2) is 187 Å². The molecule has 0 spiro atoms. The second-order valence-electron chi connectivity index (χ2n) is 13.7. The molecule has 7 aromatic carbocycles. The molecule has 0 aromatic heterocycles. The summed E-state index contributed by atoms with van der Waals surface area (Å²) in [6.45, 7) is 1.89. The van der Waals surface area contributed by atoms with Crippen molar-refractivity contribution in [2.45, 2.75) is 47.7 Å². The second-order valence-corrected chi connectivity index (χ2v) is 15.0. The third kappa shape index (κ3) is 7.78. The van der Waals surface area contributed by atoms with Crippen LogP contribution < -0.4 is 0 Å². The summed E-state index contributed by atoms with van der Waals surface area (Å²) in [5.41, 5.74) is -1.03. The van der Waals surface area contributed by atoms with E-state index in [9.17, 15) is 0 Å². The number of alkyl halides is 6. The van der Waals surface area contributed by atoms with Crippen LogP contribution in [0, 0.1) is 0 Å². The van der Waals surface area contributed by atoms with E-state index in [2.05, 4.69) is 0 Å². The fourth-order valence-electron chi connectivity index (χ4n) is 7.44. The van der Waals surface area contributed by atoms with E-state index in [1.54, 1.807) is 60.7 Å². The Labute approximate surface area is 327 Å². The summed E-state index contributed by atoms with van der Waals surface area (Å²) in [4.78, 5) is -0.0283. The van der Waals surface area contributed by atoms with E-state index in [4.69, 9.17) is 0 Å². The Morgan fingerprint density at radius 3 is 1.46 bits per heavy atom. The first-order chi connectivity index (χ1) is 27.0. The molecule has 7 heteroatoms. The van der Waals surface area contributed by atoms with Gasteiger partial charge in [-0.25, -0.2) is 0 Å². The maximum absolute atomic E-state index is 16.3. The highest BCUT2D eigenvalue weighted by molar-refractivity contribution is 7.99. The van der Waals surface area contributed by atoms with Gasteiger partial charge in [-0.15, -0.1) is 11.8 Å². The highest BCUT2D eigenvalue weighted by atomic mass is 32.2. The fourth-order valence-corrected chi connectivity index (χ4v) is 8.82. The number of halogens is 6. The molecule has 0 saturated heterocycles. The van der Waals surface area contributed by atoms with Crippen LogP contribution in [0.2, 0.25) is 0 Å². The van der Waals surface area contributed by atoms with Gasteiger partial charge < -0.3 is 0 Å². The summed E-state index contributed by atoms with van der Waals surface area (Å²) in [5.74, 6) is 0. The summed E-state index contributed by atoms with van der Waals surface area (Å²) in [7, 11) is 0. The van der Waals surface area contributed by atoms with Gasteiger partial charge in [0.15, 0.2) is 0 Å². The van der Waals surface area contributed by atoms with Crippen molar-refractivity contribution in [3.05, 3.63) is 210 Å². The van der Waals surface area contributed by atoms with Crippen molar-refractivity contribution in [2.24, 2.45) is 0 Å². The van der Waals surface area contributed by atoms with Gasteiger partial charge in [0.25, 0.3) is 0 Å². The van der Waals surface area contributed by atoms with Crippen LogP contribution in [0.3, 0.4) is 0 Å². The molecule has 0 fully saturated rings.